The van der Waals surface area contributed by atoms with E-state index in [1.54, 1.807) is 17.1 Å². The fraction of sp³-hybridized carbons (Fsp3) is 0.308. The maximum atomic E-state index is 5.86. The minimum Gasteiger partial charge on any atom is -0.404 e. The van der Waals surface area contributed by atoms with E-state index in [0.29, 0.717) is 12.4 Å². The quantitative estimate of drug-likeness (QED) is 0.763. The number of nitrogens with zero attached hydrogens (tertiary/aromatic N) is 2. The number of rotatable bonds is 5. The fourth-order valence-electron chi connectivity index (χ4n) is 1.95. The Labute approximate surface area is 112 Å². The molecule has 0 radical (unpaired) electrons. The molecule has 19 heavy (non-hydrogen) atoms. The molecule has 0 saturated carbocycles. The number of hydrogen-bond donors (Lipinski definition) is 3. The number of nitrogen functional groups attached to an aromatic ring is 1. The smallest absolute Gasteiger partial charge is 0.147 e. The molecule has 2 rings (SSSR count). The Bertz CT molecular complexity index is 569. The van der Waals surface area contributed by atoms with Gasteiger partial charge in [0.05, 0.1) is 6.20 Å². The van der Waals surface area contributed by atoms with Crippen molar-refractivity contribution in [2.24, 2.45) is 5.73 Å². The van der Waals surface area contributed by atoms with Crippen molar-refractivity contribution in [2.75, 3.05) is 12.3 Å². The minimum atomic E-state index is -0.110. The number of aromatic amines is 1. The molecule has 2 aromatic rings. The summed E-state index contributed by atoms with van der Waals surface area (Å²) in [5.41, 5.74) is 14.2. The number of hydrogen-bond acceptors (Lipinski definition) is 4. The van der Waals surface area contributed by atoms with Crippen LogP contribution in [-0.2, 0) is 4.74 Å². The van der Waals surface area contributed by atoms with Gasteiger partial charge in [0, 0.05) is 41.9 Å². The Balaban J connectivity index is 2.29. The molecule has 0 bridgehead atoms. The summed E-state index contributed by atoms with van der Waals surface area (Å²) in [6.07, 6.45) is 6.85. The van der Waals surface area contributed by atoms with E-state index in [0.717, 1.165) is 16.7 Å². The molecule has 0 saturated heterocycles. The summed E-state index contributed by atoms with van der Waals surface area (Å²) in [5, 5.41) is 4.29. The molecule has 0 aliphatic heterocycles. The van der Waals surface area contributed by atoms with Crippen LogP contribution in [0.2, 0.25) is 0 Å². The minimum absolute atomic E-state index is 0.110. The van der Waals surface area contributed by atoms with Gasteiger partial charge in [0.1, 0.15) is 12.0 Å². The zero-order valence-corrected chi connectivity index (χ0v) is 11.1. The van der Waals surface area contributed by atoms with Crippen LogP contribution in [0.3, 0.4) is 0 Å². The van der Waals surface area contributed by atoms with Gasteiger partial charge in [0.15, 0.2) is 0 Å². The van der Waals surface area contributed by atoms with Gasteiger partial charge < -0.3 is 21.2 Å². The van der Waals surface area contributed by atoms with Gasteiger partial charge in [-0.1, -0.05) is 0 Å². The highest BCUT2D eigenvalue weighted by Gasteiger charge is 2.13. The van der Waals surface area contributed by atoms with E-state index in [1.807, 2.05) is 26.1 Å². The van der Waals surface area contributed by atoms with Crippen molar-refractivity contribution in [1.29, 1.82) is 0 Å². The Morgan fingerprint density at radius 1 is 1.63 bits per heavy atom. The van der Waals surface area contributed by atoms with Gasteiger partial charge in [0.25, 0.3) is 0 Å². The van der Waals surface area contributed by atoms with Crippen LogP contribution < -0.4 is 11.5 Å². The molecule has 6 nitrogen and oxygen atoms in total. The number of nitrogens with two attached hydrogens (primary N) is 2. The van der Waals surface area contributed by atoms with E-state index in [-0.39, 0.29) is 6.23 Å². The Morgan fingerprint density at radius 3 is 3.00 bits per heavy atom. The summed E-state index contributed by atoms with van der Waals surface area (Å²) in [5.74, 6) is 0.585. The van der Waals surface area contributed by atoms with Crippen molar-refractivity contribution >= 4 is 11.4 Å². The van der Waals surface area contributed by atoms with E-state index in [2.05, 4.69) is 10.1 Å². The highest BCUT2D eigenvalue weighted by atomic mass is 16.5. The van der Waals surface area contributed by atoms with Gasteiger partial charge >= 0.3 is 0 Å². The van der Waals surface area contributed by atoms with Crippen LogP contribution in [0.5, 0.6) is 0 Å². The van der Waals surface area contributed by atoms with Gasteiger partial charge in [-0.25, -0.2) is 4.68 Å². The molecule has 0 amide bonds. The molecule has 0 spiro atoms. The predicted octanol–water partition coefficient (Wildman–Crippen LogP) is 1.70. The van der Waals surface area contributed by atoms with Crippen LogP contribution in [0, 0.1) is 0 Å². The van der Waals surface area contributed by atoms with Crippen LogP contribution in [0.15, 0.2) is 30.9 Å². The van der Waals surface area contributed by atoms with Crippen molar-refractivity contribution in [1.82, 2.24) is 14.8 Å². The molecule has 1 atom stereocenters. The van der Waals surface area contributed by atoms with Crippen molar-refractivity contribution in [3.63, 3.8) is 0 Å². The monoisotopic (exact) mass is 261 g/mol. The molecule has 2 heterocycles. The predicted molar refractivity (Wildman–Crippen MR) is 75.0 cm³/mol. The Kier molecular flexibility index (Phi) is 3.91. The summed E-state index contributed by atoms with van der Waals surface area (Å²) in [6.45, 7) is 4.53. The van der Waals surface area contributed by atoms with E-state index < -0.39 is 0 Å². The van der Waals surface area contributed by atoms with Crippen LogP contribution in [-0.4, -0.2) is 21.4 Å². The molecule has 102 valence electrons. The Morgan fingerprint density at radius 2 is 2.42 bits per heavy atom. The third-order valence-electron chi connectivity index (χ3n) is 2.93. The van der Waals surface area contributed by atoms with Crippen molar-refractivity contribution < 1.29 is 4.74 Å². The molecule has 0 aliphatic carbocycles. The van der Waals surface area contributed by atoms with E-state index in [4.69, 9.17) is 16.2 Å². The first-order chi connectivity index (χ1) is 9.17. The average molecular weight is 261 g/mol. The zero-order valence-electron chi connectivity index (χ0n) is 11.1. The van der Waals surface area contributed by atoms with Crippen molar-refractivity contribution in [3.8, 4) is 0 Å². The largest absolute Gasteiger partial charge is 0.404 e. The lowest BCUT2D eigenvalue weighted by Gasteiger charge is -2.11. The molecule has 2 aromatic heterocycles. The van der Waals surface area contributed by atoms with Gasteiger partial charge in [-0.3, -0.25) is 0 Å². The molecular weight excluding hydrogens is 242 g/mol. The molecular formula is C13H19N5O. The molecule has 5 N–H and O–H groups in total. The highest BCUT2D eigenvalue weighted by Crippen LogP contribution is 2.26. The van der Waals surface area contributed by atoms with Gasteiger partial charge in [-0.2, -0.15) is 5.10 Å². The van der Waals surface area contributed by atoms with E-state index in [1.165, 1.54) is 6.20 Å². The maximum Gasteiger partial charge on any atom is 0.147 e. The Hall–Kier alpha value is -2.21. The summed E-state index contributed by atoms with van der Waals surface area (Å²) >= 11 is 0. The standard InChI is InChI=1S/C13H19N5O/c1-3-19-9(2)18-8-10(7-17-18)12(6-14)11-4-5-16-13(11)15/h4-9,16H,3,14-15H2,1-2H3/b12-6-. The maximum absolute atomic E-state index is 5.86. The number of ether oxygens (including phenoxy) is 1. The van der Waals surface area contributed by atoms with Gasteiger partial charge in [-0.05, 0) is 19.9 Å². The third kappa shape index (κ3) is 2.63. The number of aromatic nitrogens is 3. The summed E-state index contributed by atoms with van der Waals surface area (Å²) < 4.78 is 7.24. The molecule has 1 unspecified atom stereocenters. The van der Waals surface area contributed by atoms with Crippen molar-refractivity contribution in [3.05, 3.63) is 42.0 Å². The zero-order chi connectivity index (χ0) is 13.8. The number of H-pyrrole nitrogens is 1. The first-order valence-electron chi connectivity index (χ1n) is 6.18. The first-order valence-corrected chi connectivity index (χ1v) is 6.18. The lowest BCUT2D eigenvalue weighted by Crippen LogP contribution is -2.09. The lowest BCUT2D eigenvalue weighted by molar-refractivity contribution is 0.0159. The second-order valence-corrected chi connectivity index (χ2v) is 4.15. The van der Waals surface area contributed by atoms with Gasteiger partial charge in [-0.15, -0.1) is 0 Å². The molecule has 6 heteroatoms. The third-order valence-corrected chi connectivity index (χ3v) is 2.93. The second-order valence-electron chi connectivity index (χ2n) is 4.15. The summed E-state index contributed by atoms with van der Waals surface area (Å²) in [4.78, 5) is 2.93. The molecule has 0 aromatic carbocycles. The average Bonchev–Trinajstić information content (AvgIpc) is 3.01. The van der Waals surface area contributed by atoms with Crippen molar-refractivity contribution in [2.45, 2.75) is 20.1 Å². The highest BCUT2D eigenvalue weighted by molar-refractivity contribution is 5.83. The summed E-state index contributed by atoms with van der Waals surface area (Å²) in [6, 6.07) is 1.89. The van der Waals surface area contributed by atoms with Gasteiger partial charge in [0.2, 0.25) is 0 Å². The lowest BCUT2D eigenvalue weighted by atomic mass is 10.0. The first kappa shape index (κ1) is 13.2. The second kappa shape index (κ2) is 5.62. The van der Waals surface area contributed by atoms with Crippen LogP contribution >= 0.6 is 0 Å². The fourth-order valence-corrected chi connectivity index (χ4v) is 1.95. The number of anilines is 1. The van der Waals surface area contributed by atoms with Crippen LogP contribution in [0.25, 0.3) is 5.57 Å². The molecule has 0 fully saturated rings. The van der Waals surface area contributed by atoms with Crippen LogP contribution in [0.4, 0.5) is 5.82 Å². The normalized spacial score (nSPS) is 13.7. The van der Waals surface area contributed by atoms with E-state index in [9.17, 15) is 0 Å². The summed E-state index contributed by atoms with van der Waals surface area (Å²) in [7, 11) is 0. The van der Waals surface area contributed by atoms with E-state index >= 15 is 0 Å². The topological polar surface area (TPSA) is 94.9 Å². The molecule has 0 aliphatic rings. The number of nitrogens with one attached hydrogen (secondary N) is 1. The van der Waals surface area contributed by atoms with Crippen LogP contribution in [0.1, 0.15) is 31.2 Å². The SMILES string of the molecule is CCOC(C)n1cc(/C(=C/N)c2cc[nH]c2N)cn1.